The molecule has 1 atom stereocenters. The number of hydrogen-bond acceptors (Lipinski definition) is 6. The molecule has 14 heavy (non-hydrogen) atoms. The van der Waals surface area contributed by atoms with Gasteiger partial charge in [-0.2, -0.15) is 0 Å². The SMILES string of the molecule is N[C@@H](CC(=O)OC(=O)C(=O)O)C(=O)O. The molecule has 0 saturated heterocycles. The Bertz CT molecular complexity index is 284. The summed E-state index contributed by atoms with van der Waals surface area (Å²) in [7, 11) is 0. The Morgan fingerprint density at radius 1 is 1.21 bits per heavy atom. The normalized spacial score (nSPS) is 11.5. The lowest BCUT2D eigenvalue weighted by atomic mass is 10.2. The molecule has 4 N–H and O–H groups in total. The Morgan fingerprint density at radius 3 is 2.07 bits per heavy atom. The zero-order chi connectivity index (χ0) is 11.3. The first-order valence-corrected chi connectivity index (χ1v) is 3.31. The van der Waals surface area contributed by atoms with E-state index < -0.39 is 36.3 Å². The van der Waals surface area contributed by atoms with Gasteiger partial charge in [0, 0.05) is 0 Å². The molecule has 0 heterocycles. The Hall–Kier alpha value is -1.96. The highest BCUT2D eigenvalue weighted by atomic mass is 16.6. The van der Waals surface area contributed by atoms with Gasteiger partial charge in [0.2, 0.25) is 0 Å². The van der Waals surface area contributed by atoms with Crippen LogP contribution < -0.4 is 5.73 Å². The number of aliphatic carboxylic acids is 2. The van der Waals surface area contributed by atoms with Crippen molar-refractivity contribution in [2.75, 3.05) is 0 Å². The highest BCUT2D eigenvalue weighted by Gasteiger charge is 2.22. The summed E-state index contributed by atoms with van der Waals surface area (Å²) >= 11 is 0. The fraction of sp³-hybridized carbons (Fsp3) is 0.333. The third kappa shape index (κ3) is 4.16. The summed E-state index contributed by atoms with van der Waals surface area (Å²) in [4.78, 5) is 40.9. The first-order valence-electron chi connectivity index (χ1n) is 3.31. The number of carbonyl (C=O) groups excluding carboxylic acids is 2. The lowest BCUT2D eigenvalue weighted by molar-refractivity contribution is -0.171. The van der Waals surface area contributed by atoms with Gasteiger partial charge in [0.05, 0.1) is 6.42 Å². The topological polar surface area (TPSA) is 144 Å². The first kappa shape index (κ1) is 12.0. The van der Waals surface area contributed by atoms with Gasteiger partial charge in [-0.25, -0.2) is 9.59 Å². The Morgan fingerprint density at radius 2 is 1.71 bits per heavy atom. The van der Waals surface area contributed by atoms with Crippen LogP contribution in [0.25, 0.3) is 0 Å². The van der Waals surface area contributed by atoms with Gasteiger partial charge in [0.15, 0.2) is 0 Å². The first-order chi connectivity index (χ1) is 6.34. The van der Waals surface area contributed by atoms with Crippen LogP contribution in [0.2, 0.25) is 0 Å². The predicted octanol–water partition coefficient (Wildman–Crippen LogP) is -2.06. The van der Waals surface area contributed by atoms with Crippen molar-refractivity contribution in [2.24, 2.45) is 5.73 Å². The molecule has 0 bridgehead atoms. The van der Waals surface area contributed by atoms with Crippen LogP contribution in [0.4, 0.5) is 0 Å². The van der Waals surface area contributed by atoms with Gasteiger partial charge in [-0.05, 0) is 0 Å². The molecule has 0 fully saturated rings. The van der Waals surface area contributed by atoms with Crippen molar-refractivity contribution in [1.29, 1.82) is 0 Å². The molecule has 0 saturated carbocycles. The molecular formula is C6H7NO7. The summed E-state index contributed by atoms with van der Waals surface area (Å²) in [5.41, 5.74) is 4.91. The van der Waals surface area contributed by atoms with E-state index in [4.69, 9.17) is 15.9 Å². The summed E-state index contributed by atoms with van der Waals surface area (Å²) in [5.74, 6) is -6.47. The lowest BCUT2D eigenvalue weighted by Crippen LogP contribution is -2.34. The summed E-state index contributed by atoms with van der Waals surface area (Å²) < 4.78 is 3.71. The van der Waals surface area contributed by atoms with E-state index in [0.717, 1.165) is 0 Å². The van der Waals surface area contributed by atoms with Gasteiger partial charge in [0.25, 0.3) is 0 Å². The second-order valence-electron chi connectivity index (χ2n) is 2.22. The molecule has 8 heteroatoms. The van der Waals surface area contributed by atoms with E-state index in [9.17, 15) is 19.2 Å². The fourth-order valence-corrected chi connectivity index (χ4v) is 0.456. The quantitative estimate of drug-likeness (QED) is 0.271. The van der Waals surface area contributed by atoms with E-state index in [1.54, 1.807) is 0 Å². The average Bonchev–Trinajstić information content (AvgIpc) is 2.03. The molecule has 0 aliphatic heterocycles. The number of carbonyl (C=O) groups is 4. The van der Waals surface area contributed by atoms with Crippen molar-refractivity contribution in [3.63, 3.8) is 0 Å². The molecule has 0 amide bonds. The summed E-state index contributed by atoms with van der Waals surface area (Å²) in [6.45, 7) is 0. The second-order valence-corrected chi connectivity index (χ2v) is 2.22. The third-order valence-corrected chi connectivity index (χ3v) is 1.08. The molecule has 0 aliphatic rings. The zero-order valence-electron chi connectivity index (χ0n) is 6.80. The number of carboxylic acid groups (broad SMARTS) is 2. The molecule has 0 aromatic carbocycles. The molecule has 0 aromatic rings. The maximum Gasteiger partial charge on any atom is 0.424 e. The maximum atomic E-state index is 10.6. The van der Waals surface area contributed by atoms with E-state index in [-0.39, 0.29) is 0 Å². The molecule has 0 unspecified atom stereocenters. The van der Waals surface area contributed by atoms with Crippen LogP contribution in [-0.4, -0.2) is 40.1 Å². The molecular weight excluding hydrogens is 198 g/mol. The Kier molecular flexibility index (Phi) is 4.23. The van der Waals surface area contributed by atoms with Gasteiger partial charge in [0.1, 0.15) is 6.04 Å². The van der Waals surface area contributed by atoms with E-state index >= 15 is 0 Å². The van der Waals surface area contributed by atoms with Crippen LogP contribution in [-0.2, 0) is 23.9 Å². The van der Waals surface area contributed by atoms with Crippen molar-refractivity contribution < 1.29 is 34.1 Å². The number of esters is 2. The number of carboxylic acids is 2. The lowest BCUT2D eigenvalue weighted by Gasteiger charge is -2.03. The molecule has 0 aliphatic carbocycles. The highest BCUT2D eigenvalue weighted by Crippen LogP contribution is 1.93. The van der Waals surface area contributed by atoms with E-state index in [2.05, 4.69) is 4.74 Å². The van der Waals surface area contributed by atoms with Gasteiger partial charge in [-0.3, -0.25) is 9.59 Å². The monoisotopic (exact) mass is 205 g/mol. The van der Waals surface area contributed by atoms with Crippen LogP contribution >= 0.6 is 0 Å². The summed E-state index contributed by atoms with van der Waals surface area (Å²) in [5, 5.41) is 16.2. The molecule has 0 spiro atoms. The van der Waals surface area contributed by atoms with Crippen LogP contribution in [0.15, 0.2) is 0 Å². The molecule has 0 aromatic heterocycles. The molecule has 0 rings (SSSR count). The number of nitrogens with two attached hydrogens (primary N) is 1. The number of hydrogen-bond donors (Lipinski definition) is 3. The minimum Gasteiger partial charge on any atom is -0.480 e. The van der Waals surface area contributed by atoms with Gasteiger partial charge in [-0.15, -0.1) is 0 Å². The van der Waals surface area contributed by atoms with Crippen molar-refractivity contribution in [3.8, 4) is 0 Å². The summed E-state index contributed by atoms with van der Waals surface area (Å²) in [6, 6.07) is -1.52. The minimum atomic E-state index is -1.94. The minimum absolute atomic E-state index is 0.769. The van der Waals surface area contributed by atoms with Crippen molar-refractivity contribution in [1.82, 2.24) is 0 Å². The van der Waals surface area contributed by atoms with Crippen molar-refractivity contribution in [2.45, 2.75) is 12.5 Å². The van der Waals surface area contributed by atoms with Crippen molar-refractivity contribution >= 4 is 23.9 Å². The Balaban J connectivity index is 4.05. The zero-order valence-corrected chi connectivity index (χ0v) is 6.80. The smallest absolute Gasteiger partial charge is 0.424 e. The fourth-order valence-electron chi connectivity index (χ4n) is 0.456. The number of ether oxygens (including phenoxy) is 1. The van der Waals surface area contributed by atoms with E-state index in [1.165, 1.54) is 0 Å². The summed E-state index contributed by atoms with van der Waals surface area (Å²) in [6.07, 6.45) is -0.769. The van der Waals surface area contributed by atoms with E-state index in [1.807, 2.05) is 0 Å². The maximum absolute atomic E-state index is 10.6. The van der Waals surface area contributed by atoms with Crippen LogP contribution in [0.5, 0.6) is 0 Å². The predicted molar refractivity (Wildman–Crippen MR) is 39.0 cm³/mol. The third-order valence-electron chi connectivity index (χ3n) is 1.08. The standard InChI is InChI=1S/C6H7NO7/c7-2(4(9)10)1-3(8)14-6(13)5(11)12/h2H,1,7H2,(H,9,10)(H,11,12)/t2-/m0/s1. The van der Waals surface area contributed by atoms with Crippen molar-refractivity contribution in [3.05, 3.63) is 0 Å². The highest BCUT2D eigenvalue weighted by molar-refractivity contribution is 6.30. The second kappa shape index (κ2) is 4.92. The van der Waals surface area contributed by atoms with Gasteiger partial charge in [-0.1, -0.05) is 0 Å². The molecule has 0 radical (unpaired) electrons. The van der Waals surface area contributed by atoms with Gasteiger partial charge < -0.3 is 20.7 Å². The largest absolute Gasteiger partial charge is 0.480 e. The Labute approximate surface area is 77.3 Å². The average molecular weight is 205 g/mol. The van der Waals surface area contributed by atoms with Gasteiger partial charge >= 0.3 is 23.9 Å². The van der Waals surface area contributed by atoms with E-state index in [0.29, 0.717) is 0 Å². The molecule has 8 nitrogen and oxygen atoms in total. The van der Waals surface area contributed by atoms with Crippen LogP contribution in [0.3, 0.4) is 0 Å². The van der Waals surface area contributed by atoms with Crippen LogP contribution in [0.1, 0.15) is 6.42 Å². The molecule has 78 valence electrons. The van der Waals surface area contributed by atoms with Crippen LogP contribution in [0, 0.1) is 0 Å². The number of rotatable bonds is 3.